The van der Waals surface area contributed by atoms with Gasteiger partial charge in [0.05, 0.1) is 18.3 Å². The van der Waals surface area contributed by atoms with Gasteiger partial charge in [-0.2, -0.15) is 0 Å². The Hall–Kier alpha value is -1.13. The van der Waals surface area contributed by atoms with Crippen molar-refractivity contribution in [1.82, 2.24) is 0 Å². The van der Waals surface area contributed by atoms with Gasteiger partial charge in [0.15, 0.2) is 0 Å². The van der Waals surface area contributed by atoms with Crippen LogP contribution in [0.25, 0.3) is 0 Å². The lowest BCUT2D eigenvalue weighted by Gasteiger charge is -2.41. The molecule has 1 aliphatic heterocycles. The predicted molar refractivity (Wildman–Crippen MR) is 85.1 cm³/mol. The Morgan fingerprint density at radius 2 is 2.00 bits per heavy atom. The number of fused-ring (bicyclic) bond motifs is 1. The van der Waals surface area contributed by atoms with Crippen molar-refractivity contribution in [3.8, 4) is 0 Å². The van der Waals surface area contributed by atoms with E-state index in [0.29, 0.717) is 12.8 Å². The monoisotopic (exact) mass is 308 g/mol. The Labute approximate surface area is 132 Å². The van der Waals surface area contributed by atoms with E-state index in [2.05, 4.69) is 19.1 Å². The number of esters is 1. The molecule has 5 unspecified atom stereocenters. The molecule has 124 valence electrons. The van der Waals surface area contributed by atoms with Crippen LogP contribution in [0.5, 0.6) is 0 Å². The molecule has 0 aromatic heterocycles. The molecule has 2 rings (SSSR count). The lowest BCUT2D eigenvalue weighted by molar-refractivity contribution is -0.142. The van der Waals surface area contributed by atoms with Gasteiger partial charge in [-0.25, -0.2) is 4.79 Å². The standard InChI is InChI=1S/C18H28O4/c1-13-7-5-4-6-10-17(2)11-14(19)12-18(17,3)15(20)8-9-16(21)22-13/h6,8-10,13-15,19-20H,4-5,7,11-12H2,1-3H3. The number of ether oxygens (including phenoxy) is 1. The number of aliphatic hydroxyl groups excluding tert-OH is 2. The number of carbonyl (C=O) groups excluding carboxylic acids is 1. The van der Waals surface area contributed by atoms with Crippen molar-refractivity contribution in [3.63, 3.8) is 0 Å². The Morgan fingerprint density at radius 1 is 1.27 bits per heavy atom. The van der Waals surface area contributed by atoms with Crippen molar-refractivity contribution in [2.75, 3.05) is 0 Å². The smallest absolute Gasteiger partial charge is 0.330 e. The number of allylic oxidation sites excluding steroid dienone is 2. The third kappa shape index (κ3) is 3.44. The van der Waals surface area contributed by atoms with Gasteiger partial charge in [-0.1, -0.05) is 26.0 Å². The molecule has 4 nitrogen and oxygen atoms in total. The van der Waals surface area contributed by atoms with E-state index in [4.69, 9.17) is 4.74 Å². The van der Waals surface area contributed by atoms with Gasteiger partial charge in [-0.15, -0.1) is 0 Å². The minimum absolute atomic E-state index is 0.115. The average molecular weight is 308 g/mol. The minimum atomic E-state index is -0.803. The van der Waals surface area contributed by atoms with Crippen LogP contribution in [0.2, 0.25) is 0 Å². The van der Waals surface area contributed by atoms with Gasteiger partial charge in [0.2, 0.25) is 0 Å². The van der Waals surface area contributed by atoms with Crippen molar-refractivity contribution in [2.24, 2.45) is 10.8 Å². The van der Waals surface area contributed by atoms with Crippen LogP contribution in [0.1, 0.15) is 52.9 Å². The summed E-state index contributed by atoms with van der Waals surface area (Å²) in [5, 5.41) is 20.7. The minimum Gasteiger partial charge on any atom is -0.460 e. The summed E-state index contributed by atoms with van der Waals surface area (Å²) in [5.41, 5.74) is -0.793. The molecular weight excluding hydrogens is 280 g/mol. The van der Waals surface area contributed by atoms with Crippen molar-refractivity contribution in [1.29, 1.82) is 0 Å². The Morgan fingerprint density at radius 3 is 2.73 bits per heavy atom. The van der Waals surface area contributed by atoms with Crippen LogP contribution in [0.15, 0.2) is 24.3 Å². The highest BCUT2D eigenvalue weighted by Gasteiger charge is 2.53. The number of cyclic esters (lactones) is 1. The second-order valence-corrected chi connectivity index (χ2v) is 7.28. The topological polar surface area (TPSA) is 66.8 Å². The number of aliphatic hydroxyl groups is 2. The van der Waals surface area contributed by atoms with Gasteiger partial charge in [0, 0.05) is 11.5 Å². The average Bonchev–Trinajstić information content (AvgIpc) is 2.65. The first-order valence-corrected chi connectivity index (χ1v) is 8.19. The maximum absolute atomic E-state index is 11.8. The Bertz CT molecular complexity index is 470. The molecule has 0 bridgehead atoms. The van der Waals surface area contributed by atoms with Crippen LogP contribution in [-0.2, 0) is 9.53 Å². The molecule has 1 fully saturated rings. The van der Waals surface area contributed by atoms with E-state index in [0.717, 1.165) is 19.3 Å². The van der Waals surface area contributed by atoms with Crippen LogP contribution >= 0.6 is 0 Å². The summed E-state index contributed by atoms with van der Waals surface area (Å²) >= 11 is 0. The highest BCUT2D eigenvalue weighted by Crippen LogP contribution is 2.56. The molecule has 0 radical (unpaired) electrons. The van der Waals surface area contributed by atoms with Crippen LogP contribution in [-0.4, -0.2) is 34.5 Å². The van der Waals surface area contributed by atoms with Crippen molar-refractivity contribution < 1.29 is 19.7 Å². The van der Waals surface area contributed by atoms with E-state index in [1.165, 1.54) is 12.2 Å². The van der Waals surface area contributed by atoms with Crippen LogP contribution < -0.4 is 0 Å². The summed E-state index contributed by atoms with van der Waals surface area (Å²) in [6.07, 6.45) is 9.60. The molecule has 1 aliphatic carbocycles. The summed E-state index contributed by atoms with van der Waals surface area (Å²) in [4.78, 5) is 11.8. The maximum atomic E-state index is 11.8. The second-order valence-electron chi connectivity index (χ2n) is 7.28. The molecule has 1 saturated carbocycles. The first-order chi connectivity index (χ1) is 10.3. The van der Waals surface area contributed by atoms with Gasteiger partial charge in [-0.05, 0) is 50.5 Å². The summed E-state index contributed by atoms with van der Waals surface area (Å²) in [6.45, 7) is 5.95. The summed E-state index contributed by atoms with van der Waals surface area (Å²) in [5.74, 6) is -0.414. The molecule has 0 spiro atoms. The zero-order valence-electron chi connectivity index (χ0n) is 13.8. The molecule has 0 aromatic carbocycles. The fraction of sp³-hybridized carbons (Fsp3) is 0.722. The zero-order valence-corrected chi connectivity index (χ0v) is 13.8. The lowest BCUT2D eigenvalue weighted by Crippen LogP contribution is -2.40. The largest absolute Gasteiger partial charge is 0.460 e. The van der Waals surface area contributed by atoms with E-state index in [1.54, 1.807) is 0 Å². The van der Waals surface area contributed by atoms with Crippen LogP contribution in [0.3, 0.4) is 0 Å². The summed E-state index contributed by atoms with van der Waals surface area (Å²) in [7, 11) is 0. The SMILES string of the molecule is CC1CCCC=CC2(C)CC(O)CC2(C)C(O)C=CC(=O)O1. The van der Waals surface area contributed by atoms with E-state index in [-0.39, 0.29) is 11.5 Å². The predicted octanol–water partition coefficient (Wildman–Crippen LogP) is 2.74. The third-order valence-corrected chi connectivity index (χ3v) is 5.48. The molecule has 1 heterocycles. The molecule has 5 atom stereocenters. The molecule has 0 amide bonds. The first kappa shape index (κ1) is 17.2. The molecule has 22 heavy (non-hydrogen) atoms. The fourth-order valence-electron chi connectivity index (χ4n) is 3.78. The third-order valence-electron chi connectivity index (χ3n) is 5.48. The quantitative estimate of drug-likeness (QED) is 0.533. The molecule has 2 N–H and O–H groups in total. The van der Waals surface area contributed by atoms with Gasteiger partial charge < -0.3 is 14.9 Å². The molecule has 2 aliphatic rings. The summed E-state index contributed by atoms with van der Waals surface area (Å²) in [6, 6.07) is 0. The van der Waals surface area contributed by atoms with E-state index < -0.39 is 23.6 Å². The highest BCUT2D eigenvalue weighted by atomic mass is 16.5. The van der Waals surface area contributed by atoms with E-state index in [1.807, 2.05) is 13.8 Å². The normalized spacial score (nSPS) is 43.7. The fourth-order valence-corrected chi connectivity index (χ4v) is 3.78. The van der Waals surface area contributed by atoms with Gasteiger partial charge in [0.1, 0.15) is 0 Å². The molecule has 0 saturated heterocycles. The second kappa shape index (κ2) is 6.55. The Balaban J connectivity index is 2.31. The van der Waals surface area contributed by atoms with Crippen molar-refractivity contribution >= 4 is 5.97 Å². The number of carbonyl (C=O) groups is 1. The molecule has 4 heteroatoms. The van der Waals surface area contributed by atoms with Crippen LogP contribution in [0.4, 0.5) is 0 Å². The number of hydrogen-bond acceptors (Lipinski definition) is 4. The van der Waals surface area contributed by atoms with E-state index >= 15 is 0 Å². The number of hydrogen-bond donors (Lipinski definition) is 2. The van der Waals surface area contributed by atoms with Gasteiger partial charge >= 0.3 is 5.97 Å². The van der Waals surface area contributed by atoms with Gasteiger partial charge in [-0.3, -0.25) is 0 Å². The first-order valence-electron chi connectivity index (χ1n) is 8.19. The molecule has 0 aromatic rings. The maximum Gasteiger partial charge on any atom is 0.330 e. The summed E-state index contributed by atoms with van der Waals surface area (Å²) < 4.78 is 5.29. The van der Waals surface area contributed by atoms with Crippen LogP contribution in [0, 0.1) is 10.8 Å². The number of rotatable bonds is 0. The molecular formula is C18H28O4. The van der Waals surface area contributed by atoms with E-state index in [9.17, 15) is 15.0 Å². The van der Waals surface area contributed by atoms with Crippen molar-refractivity contribution in [3.05, 3.63) is 24.3 Å². The van der Waals surface area contributed by atoms with Crippen molar-refractivity contribution in [2.45, 2.75) is 71.2 Å². The van der Waals surface area contributed by atoms with Gasteiger partial charge in [0.25, 0.3) is 0 Å². The highest BCUT2D eigenvalue weighted by molar-refractivity contribution is 5.82. The lowest BCUT2D eigenvalue weighted by atomic mass is 9.64. The zero-order chi connectivity index (χ0) is 16.4. The Kier molecular flexibility index (Phi) is 5.13.